The van der Waals surface area contributed by atoms with Gasteiger partial charge in [0.1, 0.15) is 0 Å². The molecule has 0 aromatic carbocycles. The summed E-state index contributed by atoms with van der Waals surface area (Å²) in [6, 6.07) is 0.330. The summed E-state index contributed by atoms with van der Waals surface area (Å²) in [6.07, 6.45) is 9.17. The van der Waals surface area contributed by atoms with E-state index in [-0.39, 0.29) is 0 Å². The fraction of sp³-hybridized carbons (Fsp3) is 0.733. The summed E-state index contributed by atoms with van der Waals surface area (Å²) in [5.74, 6) is 0.733. The maximum absolute atomic E-state index is 6.09. The van der Waals surface area contributed by atoms with Gasteiger partial charge in [0.15, 0.2) is 0 Å². The molecule has 0 spiro atoms. The van der Waals surface area contributed by atoms with E-state index in [1.165, 1.54) is 24.0 Å². The molecule has 1 nitrogen and oxygen atoms in total. The molecule has 0 rings (SSSR count). The van der Waals surface area contributed by atoms with Gasteiger partial charge < -0.3 is 5.73 Å². The maximum Gasteiger partial charge on any atom is 0.00760 e. The van der Waals surface area contributed by atoms with Gasteiger partial charge in [-0.15, -0.1) is 0 Å². The van der Waals surface area contributed by atoms with E-state index in [2.05, 4.69) is 46.8 Å². The minimum atomic E-state index is 0.330. The van der Waals surface area contributed by atoms with Crippen LogP contribution in [0.25, 0.3) is 0 Å². The van der Waals surface area contributed by atoms with Crippen molar-refractivity contribution in [2.45, 2.75) is 66.3 Å². The highest BCUT2D eigenvalue weighted by atomic mass is 14.6. The number of nitrogens with two attached hydrogens (primary N) is 1. The number of hydrogen-bond donors (Lipinski definition) is 1. The normalized spacial score (nSPS) is 14.1. The smallest absolute Gasteiger partial charge is 0.00760 e. The third kappa shape index (κ3) is 9.97. The highest BCUT2D eigenvalue weighted by Crippen LogP contribution is 2.15. The molecule has 0 aliphatic carbocycles. The molecule has 0 amide bonds. The minimum Gasteiger partial charge on any atom is -0.327 e. The Morgan fingerprint density at radius 1 is 1.06 bits per heavy atom. The molecule has 0 saturated heterocycles. The van der Waals surface area contributed by atoms with Crippen LogP contribution in [-0.4, -0.2) is 6.04 Å². The SMILES string of the molecule is CC(C)=CCC[C@H](C)C[C@H](N)CC=C(C)C. The van der Waals surface area contributed by atoms with Crippen LogP contribution in [0.3, 0.4) is 0 Å². The number of hydrogen-bond acceptors (Lipinski definition) is 1. The van der Waals surface area contributed by atoms with Crippen molar-refractivity contribution in [1.29, 1.82) is 0 Å². The van der Waals surface area contributed by atoms with Crippen LogP contribution >= 0.6 is 0 Å². The summed E-state index contributed by atoms with van der Waals surface area (Å²) >= 11 is 0. The Morgan fingerprint density at radius 3 is 2.12 bits per heavy atom. The van der Waals surface area contributed by atoms with Gasteiger partial charge in [0.05, 0.1) is 0 Å². The zero-order valence-corrected chi connectivity index (χ0v) is 11.7. The predicted octanol–water partition coefficient (Wildman–Crippen LogP) is 4.44. The van der Waals surface area contributed by atoms with E-state index in [4.69, 9.17) is 5.73 Å². The van der Waals surface area contributed by atoms with Crippen LogP contribution < -0.4 is 5.73 Å². The molecule has 0 bridgehead atoms. The van der Waals surface area contributed by atoms with Gasteiger partial charge in [0, 0.05) is 6.04 Å². The van der Waals surface area contributed by atoms with Crippen molar-refractivity contribution in [2.75, 3.05) is 0 Å². The highest BCUT2D eigenvalue weighted by Gasteiger charge is 2.07. The van der Waals surface area contributed by atoms with E-state index in [9.17, 15) is 0 Å². The van der Waals surface area contributed by atoms with Crippen LogP contribution in [0, 0.1) is 5.92 Å². The minimum absolute atomic E-state index is 0.330. The van der Waals surface area contributed by atoms with Crippen molar-refractivity contribution in [3.05, 3.63) is 23.3 Å². The molecule has 0 radical (unpaired) electrons. The van der Waals surface area contributed by atoms with Crippen LogP contribution in [0.2, 0.25) is 0 Å². The molecule has 2 N–H and O–H groups in total. The lowest BCUT2D eigenvalue weighted by Crippen LogP contribution is -2.22. The summed E-state index contributed by atoms with van der Waals surface area (Å²) in [7, 11) is 0. The lowest BCUT2D eigenvalue weighted by Gasteiger charge is -2.15. The van der Waals surface area contributed by atoms with Crippen LogP contribution in [-0.2, 0) is 0 Å². The van der Waals surface area contributed by atoms with Crippen LogP contribution in [0.5, 0.6) is 0 Å². The van der Waals surface area contributed by atoms with E-state index >= 15 is 0 Å². The second-order valence-corrected chi connectivity index (χ2v) is 5.48. The predicted molar refractivity (Wildman–Crippen MR) is 74.5 cm³/mol. The molecule has 0 saturated carbocycles. The number of rotatable bonds is 7. The van der Waals surface area contributed by atoms with E-state index in [1.807, 2.05) is 0 Å². The van der Waals surface area contributed by atoms with Gasteiger partial charge >= 0.3 is 0 Å². The first kappa shape index (κ1) is 15.4. The molecule has 94 valence electrons. The topological polar surface area (TPSA) is 26.0 Å². The first-order valence-electron chi connectivity index (χ1n) is 6.44. The van der Waals surface area contributed by atoms with E-state index in [1.54, 1.807) is 0 Å². The van der Waals surface area contributed by atoms with Crippen LogP contribution in [0.4, 0.5) is 0 Å². The van der Waals surface area contributed by atoms with Gasteiger partial charge in [0.2, 0.25) is 0 Å². The van der Waals surface area contributed by atoms with Crippen LogP contribution in [0.1, 0.15) is 60.3 Å². The van der Waals surface area contributed by atoms with Crippen molar-refractivity contribution in [3.63, 3.8) is 0 Å². The standard InChI is InChI=1S/C15H29N/c1-12(2)7-6-8-14(5)11-15(16)10-9-13(3)4/h7,9,14-15H,6,8,10-11,16H2,1-5H3/t14-,15+/m0/s1. The maximum atomic E-state index is 6.09. The first-order valence-corrected chi connectivity index (χ1v) is 6.44. The zero-order chi connectivity index (χ0) is 12.6. The summed E-state index contributed by atoms with van der Waals surface area (Å²) in [5, 5.41) is 0. The van der Waals surface area contributed by atoms with Gasteiger partial charge in [-0.25, -0.2) is 0 Å². The van der Waals surface area contributed by atoms with E-state index in [0.717, 1.165) is 18.8 Å². The largest absolute Gasteiger partial charge is 0.327 e. The monoisotopic (exact) mass is 223 g/mol. The molecule has 0 aliphatic heterocycles. The first-order chi connectivity index (χ1) is 7.41. The average molecular weight is 223 g/mol. The molecule has 0 fully saturated rings. The molecule has 16 heavy (non-hydrogen) atoms. The zero-order valence-electron chi connectivity index (χ0n) is 11.7. The Morgan fingerprint density at radius 2 is 1.62 bits per heavy atom. The Labute approximate surface area is 102 Å². The summed E-state index contributed by atoms with van der Waals surface area (Å²) in [5.41, 5.74) is 8.88. The highest BCUT2D eigenvalue weighted by molar-refractivity contribution is 4.95. The molecule has 1 heteroatoms. The fourth-order valence-corrected chi connectivity index (χ4v) is 1.77. The second kappa shape index (κ2) is 8.58. The Balaban J connectivity index is 3.74. The Hall–Kier alpha value is -0.560. The van der Waals surface area contributed by atoms with Crippen LogP contribution in [0.15, 0.2) is 23.3 Å². The molecule has 0 aromatic heterocycles. The fourth-order valence-electron chi connectivity index (χ4n) is 1.77. The average Bonchev–Trinajstić information content (AvgIpc) is 2.14. The van der Waals surface area contributed by atoms with Gasteiger partial charge in [-0.2, -0.15) is 0 Å². The second-order valence-electron chi connectivity index (χ2n) is 5.48. The number of allylic oxidation sites excluding steroid dienone is 3. The molecular formula is C15H29N. The van der Waals surface area contributed by atoms with Crippen molar-refractivity contribution in [3.8, 4) is 0 Å². The lowest BCUT2D eigenvalue weighted by atomic mass is 9.95. The summed E-state index contributed by atoms with van der Waals surface area (Å²) < 4.78 is 0. The Bertz CT molecular complexity index is 230. The van der Waals surface area contributed by atoms with Gasteiger partial charge in [-0.3, -0.25) is 0 Å². The Kier molecular flexibility index (Phi) is 8.28. The summed E-state index contributed by atoms with van der Waals surface area (Å²) in [6.45, 7) is 10.9. The molecule has 0 aliphatic rings. The third-order valence-corrected chi connectivity index (χ3v) is 2.75. The quantitative estimate of drug-likeness (QED) is 0.634. The van der Waals surface area contributed by atoms with E-state index in [0.29, 0.717) is 6.04 Å². The van der Waals surface area contributed by atoms with Gasteiger partial charge in [-0.05, 0) is 59.3 Å². The molecule has 2 atom stereocenters. The van der Waals surface area contributed by atoms with Crippen molar-refractivity contribution in [2.24, 2.45) is 11.7 Å². The molecule has 0 aromatic rings. The molecule has 0 unspecified atom stereocenters. The van der Waals surface area contributed by atoms with Crippen molar-refractivity contribution < 1.29 is 0 Å². The lowest BCUT2D eigenvalue weighted by molar-refractivity contribution is 0.441. The summed E-state index contributed by atoms with van der Waals surface area (Å²) in [4.78, 5) is 0. The van der Waals surface area contributed by atoms with E-state index < -0.39 is 0 Å². The van der Waals surface area contributed by atoms with Gasteiger partial charge in [0.25, 0.3) is 0 Å². The third-order valence-electron chi connectivity index (χ3n) is 2.75. The molecular weight excluding hydrogens is 194 g/mol. The van der Waals surface area contributed by atoms with Gasteiger partial charge in [-0.1, -0.05) is 30.2 Å². The van der Waals surface area contributed by atoms with Crippen molar-refractivity contribution >= 4 is 0 Å². The van der Waals surface area contributed by atoms with Crippen molar-refractivity contribution in [1.82, 2.24) is 0 Å². The molecule has 0 heterocycles.